The van der Waals surface area contributed by atoms with E-state index < -0.39 is 10.0 Å². The number of aryl methyl sites for hydroxylation is 1. The number of hydrogen-bond donors (Lipinski definition) is 1. The molecule has 2 N–H and O–H groups in total. The van der Waals surface area contributed by atoms with E-state index in [0.717, 1.165) is 5.56 Å². The molecule has 0 heterocycles. The minimum Gasteiger partial charge on any atom is -0.488 e. The Labute approximate surface area is 89.4 Å². The first-order chi connectivity index (χ1) is 6.96. The Hall–Kier alpha value is -1.33. The zero-order valence-corrected chi connectivity index (χ0v) is 9.25. The lowest BCUT2D eigenvalue weighted by Gasteiger charge is -2.10. The van der Waals surface area contributed by atoms with Gasteiger partial charge >= 0.3 is 0 Å². The lowest BCUT2D eigenvalue weighted by Crippen LogP contribution is -2.14. The second kappa shape index (κ2) is 4.46. The van der Waals surface area contributed by atoms with Crippen molar-refractivity contribution in [1.82, 2.24) is 0 Å². The number of rotatable bonds is 4. The lowest BCUT2D eigenvalue weighted by molar-refractivity contribution is 0.350. The second-order valence-electron chi connectivity index (χ2n) is 3.05. The summed E-state index contributed by atoms with van der Waals surface area (Å²) in [5, 5.41) is 5.06. The lowest BCUT2D eigenvalue weighted by atomic mass is 10.2. The monoisotopic (exact) mass is 227 g/mol. The summed E-state index contributed by atoms with van der Waals surface area (Å²) in [5.41, 5.74) is 0.725. The van der Waals surface area contributed by atoms with Crippen molar-refractivity contribution in [3.63, 3.8) is 0 Å². The van der Waals surface area contributed by atoms with Crippen molar-refractivity contribution in [2.24, 2.45) is 5.14 Å². The molecule has 0 aliphatic heterocycles. The summed E-state index contributed by atoms with van der Waals surface area (Å²) in [7, 11) is -3.75. The molecule has 5 heteroatoms. The van der Waals surface area contributed by atoms with Crippen molar-refractivity contribution in [3.8, 4) is 5.75 Å². The molecule has 0 saturated heterocycles. The summed E-state index contributed by atoms with van der Waals surface area (Å²) in [6.45, 7) is 5.49. The van der Waals surface area contributed by atoms with Gasteiger partial charge in [0.1, 0.15) is 17.3 Å². The smallest absolute Gasteiger partial charge is 0.241 e. The summed E-state index contributed by atoms with van der Waals surface area (Å²) in [5.74, 6) is 0.292. The Bertz CT molecular complexity index is 466. The highest BCUT2D eigenvalue weighted by Crippen LogP contribution is 2.26. The van der Waals surface area contributed by atoms with E-state index in [2.05, 4.69) is 6.58 Å². The fourth-order valence-corrected chi connectivity index (χ4v) is 1.92. The van der Waals surface area contributed by atoms with E-state index in [9.17, 15) is 8.42 Å². The zero-order valence-electron chi connectivity index (χ0n) is 8.43. The van der Waals surface area contributed by atoms with Crippen molar-refractivity contribution < 1.29 is 13.2 Å². The summed E-state index contributed by atoms with van der Waals surface area (Å²) < 4.78 is 27.7. The van der Waals surface area contributed by atoms with Gasteiger partial charge in [0.15, 0.2) is 0 Å². The molecule has 0 aromatic heterocycles. The van der Waals surface area contributed by atoms with Gasteiger partial charge in [0.25, 0.3) is 0 Å². The number of benzene rings is 1. The van der Waals surface area contributed by atoms with Gasteiger partial charge in [-0.25, -0.2) is 13.6 Å². The van der Waals surface area contributed by atoms with Gasteiger partial charge in [0, 0.05) is 0 Å². The van der Waals surface area contributed by atoms with Crippen LogP contribution in [0, 0.1) is 6.92 Å². The van der Waals surface area contributed by atoms with Crippen LogP contribution in [0.3, 0.4) is 0 Å². The summed E-state index contributed by atoms with van der Waals surface area (Å²) in [6.07, 6.45) is 1.54. The van der Waals surface area contributed by atoms with E-state index >= 15 is 0 Å². The van der Waals surface area contributed by atoms with E-state index in [1.54, 1.807) is 25.1 Å². The first kappa shape index (κ1) is 11.7. The number of sulfonamides is 1. The molecule has 4 nitrogen and oxygen atoms in total. The van der Waals surface area contributed by atoms with Crippen molar-refractivity contribution in [1.29, 1.82) is 0 Å². The fraction of sp³-hybridized carbons (Fsp3) is 0.200. The van der Waals surface area contributed by atoms with E-state index in [0.29, 0.717) is 5.75 Å². The van der Waals surface area contributed by atoms with E-state index in [1.807, 2.05) is 0 Å². The van der Waals surface area contributed by atoms with Gasteiger partial charge in [-0.3, -0.25) is 0 Å². The summed E-state index contributed by atoms with van der Waals surface area (Å²) in [4.78, 5) is 0.00403. The molecule has 0 amide bonds. The molecular formula is C10H13NO3S. The molecule has 0 unspecified atom stereocenters. The maximum Gasteiger partial charge on any atom is 0.241 e. The SMILES string of the molecule is C=CCOc1c(C)cccc1S(N)(=O)=O. The minimum absolute atomic E-state index is 0.00403. The number of primary sulfonamides is 1. The Morgan fingerprint density at radius 3 is 2.73 bits per heavy atom. The van der Waals surface area contributed by atoms with Crippen LogP contribution in [0.5, 0.6) is 5.75 Å². The number of nitrogens with two attached hydrogens (primary N) is 1. The molecule has 15 heavy (non-hydrogen) atoms. The molecule has 0 radical (unpaired) electrons. The van der Waals surface area contributed by atoms with Gasteiger partial charge in [0.05, 0.1) is 0 Å². The van der Waals surface area contributed by atoms with Gasteiger partial charge in [-0.05, 0) is 18.6 Å². The van der Waals surface area contributed by atoms with Crippen LogP contribution in [0.25, 0.3) is 0 Å². The van der Waals surface area contributed by atoms with E-state index in [-0.39, 0.29) is 11.5 Å². The summed E-state index contributed by atoms with van der Waals surface area (Å²) in [6, 6.07) is 4.80. The van der Waals surface area contributed by atoms with Crippen LogP contribution in [0.1, 0.15) is 5.56 Å². The van der Waals surface area contributed by atoms with Crippen LogP contribution in [0.4, 0.5) is 0 Å². The Morgan fingerprint density at radius 2 is 2.20 bits per heavy atom. The van der Waals surface area contributed by atoms with Crippen molar-refractivity contribution in [2.45, 2.75) is 11.8 Å². The zero-order chi connectivity index (χ0) is 11.5. The maximum atomic E-state index is 11.2. The third-order valence-electron chi connectivity index (χ3n) is 1.83. The predicted molar refractivity (Wildman–Crippen MR) is 58.2 cm³/mol. The van der Waals surface area contributed by atoms with Crippen LogP contribution < -0.4 is 9.88 Å². The molecule has 0 fully saturated rings. The maximum absolute atomic E-state index is 11.2. The molecule has 0 atom stereocenters. The third-order valence-corrected chi connectivity index (χ3v) is 2.76. The van der Waals surface area contributed by atoms with Crippen molar-refractivity contribution >= 4 is 10.0 Å². The molecular weight excluding hydrogens is 214 g/mol. The van der Waals surface area contributed by atoms with Crippen LogP contribution in [0.2, 0.25) is 0 Å². The largest absolute Gasteiger partial charge is 0.488 e. The molecule has 1 aromatic rings. The summed E-state index contributed by atoms with van der Waals surface area (Å²) >= 11 is 0. The van der Waals surface area contributed by atoms with Crippen LogP contribution in [-0.4, -0.2) is 15.0 Å². The van der Waals surface area contributed by atoms with E-state index in [4.69, 9.17) is 9.88 Å². The number of hydrogen-bond acceptors (Lipinski definition) is 3. The average molecular weight is 227 g/mol. The molecule has 0 aliphatic rings. The quantitative estimate of drug-likeness (QED) is 0.786. The van der Waals surface area contributed by atoms with Gasteiger partial charge in [-0.1, -0.05) is 24.8 Å². The topological polar surface area (TPSA) is 69.4 Å². The Balaban J connectivity index is 3.26. The van der Waals surface area contributed by atoms with Gasteiger partial charge in [0.2, 0.25) is 10.0 Å². The van der Waals surface area contributed by atoms with Crippen molar-refractivity contribution in [2.75, 3.05) is 6.61 Å². The highest BCUT2D eigenvalue weighted by atomic mass is 32.2. The molecule has 1 rings (SSSR count). The van der Waals surface area contributed by atoms with Crippen LogP contribution in [0.15, 0.2) is 35.7 Å². The van der Waals surface area contributed by atoms with E-state index in [1.165, 1.54) is 6.07 Å². The number of ether oxygens (including phenoxy) is 1. The highest BCUT2D eigenvalue weighted by Gasteiger charge is 2.16. The van der Waals surface area contributed by atoms with Gasteiger partial charge in [-0.2, -0.15) is 0 Å². The molecule has 0 saturated carbocycles. The molecule has 0 aliphatic carbocycles. The first-order valence-electron chi connectivity index (χ1n) is 4.33. The minimum atomic E-state index is -3.75. The standard InChI is InChI=1S/C10H13NO3S/c1-3-7-14-10-8(2)5-4-6-9(10)15(11,12)13/h3-6H,1,7H2,2H3,(H2,11,12,13). The predicted octanol–water partition coefficient (Wildman–Crippen LogP) is 1.21. The Kier molecular flexibility index (Phi) is 3.49. The van der Waals surface area contributed by atoms with Crippen LogP contribution in [-0.2, 0) is 10.0 Å². The third kappa shape index (κ3) is 2.81. The molecule has 0 spiro atoms. The average Bonchev–Trinajstić information content (AvgIpc) is 2.14. The second-order valence-corrected chi connectivity index (χ2v) is 4.58. The van der Waals surface area contributed by atoms with Crippen molar-refractivity contribution in [3.05, 3.63) is 36.4 Å². The molecule has 0 bridgehead atoms. The van der Waals surface area contributed by atoms with Gasteiger partial charge < -0.3 is 4.74 Å². The molecule has 82 valence electrons. The fourth-order valence-electron chi connectivity index (χ4n) is 1.18. The Morgan fingerprint density at radius 1 is 1.53 bits per heavy atom. The number of para-hydroxylation sites is 1. The van der Waals surface area contributed by atoms with Gasteiger partial charge in [-0.15, -0.1) is 0 Å². The molecule has 1 aromatic carbocycles. The normalized spacial score (nSPS) is 11.1. The highest BCUT2D eigenvalue weighted by molar-refractivity contribution is 7.89. The van der Waals surface area contributed by atoms with Crippen LogP contribution >= 0.6 is 0 Å². The first-order valence-corrected chi connectivity index (χ1v) is 5.87.